The molecule has 0 radical (unpaired) electrons. The maximum atomic E-state index is 12.4. The zero-order valence-electron chi connectivity index (χ0n) is 11.4. The van der Waals surface area contributed by atoms with Crippen LogP contribution in [0.25, 0.3) is 0 Å². The largest absolute Gasteiger partial charge is 0.354 e. The Morgan fingerprint density at radius 1 is 1.47 bits per heavy atom. The van der Waals surface area contributed by atoms with Crippen molar-refractivity contribution in [3.63, 3.8) is 0 Å². The topological polar surface area (TPSA) is 75.4 Å². The van der Waals surface area contributed by atoms with Gasteiger partial charge in [-0.05, 0) is 37.9 Å². The van der Waals surface area contributed by atoms with Crippen LogP contribution in [-0.2, 0) is 9.59 Å². The second kappa shape index (κ2) is 6.61. The van der Waals surface area contributed by atoms with E-state index in [4.69, 9.17) is 5.73 Å². The number of nitrogens with zero attached hydrogens (tertiary/aromatic N) is 1. The molecule has 2 aliphatic heterocycles. The third-order valence-electron chi connectivity index (χ3n) is 3.74. The molecule has 0 aliphatic carbocycles. The third-order valence-corrected chi connectivity index (χ3v) is 5.06. The molecule has 2 rings (SSSR count). The molecule has 2 saturated heterocycles. The van der Waals surface area contributed by atoms with Crippen LogP contribution in [0.4, 0.5) is 0 Å². The van der Waals surface area contributed by atoms with Crippen molar-refractivity contribution >= 4 is 23.6 Å². The highest BCUT2D eigenvalue weighted by Crippen LogP contribution is 2.33. The fourth-order valence-electron chi connectivity index (χ4n) is 2.69. The predicted octanol–water partition coefficient (Wildman–Crippen LogP) is 0.684. The summed E-state index contributed by atoms with van der Waals surface area (Å²) < 4.78 is 0. The van der Waals surface area contributed by atoms with Crippen LogP contribution >= 0.6 is 11.8 Å². The molecular weight excluding hydrogens is 262 g/mol. The van der Waals surface area contributed by atoms with E-state index in [0.29, 0.717) is 13.0 Å². The lowest BCUT2D eigenvalue weighted by molar-refractivity contribution is -0.144. The highest BCUT2D eigenvalue weighted by molar-refractivity contribution is 7.99. The number of nitrogens with two attached hydrogens (primary N) is 1. The Hall–Kier alpha value is -0.750. The van der Waals surface area contributed by atoms with Gasteiger partial charge in [-0.1, -0.05) is 6.92 Å². The Bertz CT molecular complexity index is 351. The van der Waals surface area contributed by atoms with Gasteiger partial charge < -0.3 is 16.0 Å². The number of nitrogens with one attached hydrogen (secondary N) is 1. The SMILES string of the molecule is CCCNC(=O)C1CCC[C@@H]2SCCC(N)C(=O)N12. The molecule has 0 saturated carbocycles. The number of thioether (sulfide) groups is 1. The molecule has 3 atom stereocenters. The molecule has 108 valence electrons. The van der Waals surface area contributed by atoms with E-state index in [1.807, 2.05) is 6.92 Å². The number of carbonyl (C=O) groups excluding carboxylic acids is 2. The van der Waals surface area contributed by atoms with Crippen LogP contribution in [0.3, 0.4) is 0 Å². The summed E-state index contributed by atoms with van der Waals surface area (Å²) in [5.41, 5.74) is 5.91. The van der Waals surface area contributed by atoms with E-state index in [0.717, 1.165) is 31.4 Å². The lowest BCUT2D eigenvalue weighted by atomic mass is 9.99. The minimum Gasteiger partial charge on any atom is -0.354 e. The minimum atomic E-state index is -0.447. The summed E-state index contributed by atoms with van der Waals surface area (Å²) in [6, 6.07) is -0.772. The Kier molecular flexibility index (Phi) is 5.10. The van der Waals surface area contributed by atoms with Gasteiger partial charge in [0.2, 0.25) is 11.8 Å². The molecule has 5 nitrogen and oxygen atoms in total. The fourth-order valence-corrected chi connectivity index (χ4v) is 4.10. The minimum absolute atomic E-state index is 0.0189. The number of amides is 2. The van der Waals surface area contributed by atoms with E-state index in [1.54, 1.807) is 16.7 Å². The van der Waals surface area contributed by atoms with E-state index in [1.165, 1.54) is 0 Å². The first-order chi connectivity index (χ1) is 9.15. The van der Waals surface area contributed by atoms with E-state index < -0.39 is 6.04 Å². The summed E-state index contributed by atoms with van der Waals surface area (Å²) in [6.45, 7) is 2.69. The molecule has 19 heavy (non-hydrogen) atoms. The second-order valence-corrected chi connectivity index (χ2v) is 6.49. The normalized spacial score (nSPS) is 31.6. The van der Waals surface area contributed by atoms with Crippen molar-refractivity contribution in [3.8, 4) is 0 Å². The van der Waals surface area contributed by atoms with Crippen molar-refractivity contribution in [1.29, 1.82) is 0 Å². The number of rotatable bonds is 3. The van der Waals surface area contributed by atoms with Crippen LogP contribution < -0.4 is 11.1 Å². The summed E-state index contributed by atoms with van der Waals surface area (Å²) in [5, 5.41) is 3.04. The first kappa shape index (κ1) is 14.7. The van der Waals surface area contributed by atoms with Crippen molar-refractivity contribution in [2.75, 3.05) is 12.3 Å². The summed E-state index contributed by atoms with van der Waals surface area (Å²) in [7, 11) is 0. The Balaban J connectivity index is 2.13. The quantitative estimate of drug-likeness (QED) is 0.800. The molecule has 2 amide bonds. The average molecular weight is 285 g/mol. The van der Waals surface area contributed by atoms with Crippen LogP contribution in [0.5, 0.6) is 0 Å². The van der Waals surface area contributed by atoms with Crippen molar-refractivity contribution in [2.45, 2.75) is 56.5 Å². The number of carbonyl (C=O) groups is 2. The van der Waals surface area contributed by atoms with Gasteiger partial charge in [0.1, 0.15) is 6.04 Å². The standard InChI is InChI=1S/C13H23N3O2S/c1-2-7-15-12(17)10-4-3-5-11-16(10)13(18)9(14)6-8-19-11/h9-11H,2-8,14H2,1H3,(H,15,17)/t9?,10?,11-/m0/s1. The monoisotopic (exact) mass is 285 g/mol. The fraction of sp³-hybridized carbons (Fsp3) is 0.846. The number of fused-ring (bicyclic) bond motifs is 1. The van der Waals surface area contributed by atoms with Crippen LogP contribution in [0.15, 0.2) is 0 Å². The van der Waals surface area contributed by atoms with Gasteiger partial charge >= 0.3 is 0 Å². The molecule has 2 fully saturated rings. The zero-order valence-corrected chi connectivity index (χ0v) is 12.2. The van der Waals surface area contributed by atoms with Crippen molar-refractivity contribution < 1.29 is 9.59 Å². The summed E-state index contributed by atoms with van der Waals surface area (Å²) in [6.07, 6.45) is 4.34. The van der Waals surface area contributed by atoms with Gasteiger partial charge in [0.25, 0.3) is 0 Å². The first-order valence-corrected chi connectivity index (χ1v) is 8.17. The van der Waals surface area contributed by atoms with E-state index in [-0.39, 0.29) is 23.2 Å². The summed E-state index contributed by atoms with van der Waals surface area (Å²) in [4.78, 5) is 26.4. The molecule has 0 aromatic heterocycles. The van der Waals surface area contributed by atoms with Gasteiger partial charge in [0, 0.05) is 6.54 Å². The van der Waals surface area contributed by atoms with Crippen LogP contribution in [0.1, 0.15) is 39.0 Å². The Morgan fingerprint density at radius 3 is 3.00 bits per heavy atom. The predicted molar refractivity (Wildman–Crippen MR) is 76.6 cm³/mol. The lowest BCUT2D eigenvalue weighted by Crippen LogP contribution is -2.58. The molecule has 2 unspecified atom stereocenters. The second-order valence-electron chi connectivity index (χ2n) is 5.20. The van der Waals surface area contributed by atoms with Crippen molar-refractivity contribution in [2.24, 2.45) is 5.73 Å². The van der Waals surface area contributed by atoms with Crippen LogP contribution in [0, 0.1) is 0 Å². The Labute approximate surface area is 118 Å². The number of hydrogen-bond acceptors (Lipinski definition) is 4. The Morgan fingerprint density at radius 2 is 2.26 bits per heavy atom. The van der Waals surface area contributed by atoms with Crippen molar-refractivity contribution in [3.05, 3.63) is 0 Å². The average Bonchev–Trinajstić information content (AvgIpc) is 2.56. The van der Waals surface area contributed by atoms with Gasteiger partial charge in [0.15, 0.2) is 0 Å². The molecular formula is C13H23N3O2S. The van der Waals surface area contributed by atoms with Gasteiger partial charge in [-0.3, -0.25) is 9.59 Å². The van der Waals surface area contributed by atoms with Gasteiger partial charge in [-0.15, -0.1) is 11.8 Å². The molecule has 6 heteroatoms. The molecule has 0 spiro atoms. The highest BCUT2D eigenvalue weighted by atomic mass is 32.2. The number of piperidine rings is 1. The van der Waals surface area contributed by atoms with E-state index in [9.17, 15) is 9.59 Å². The van der Waals surface area contributed by atoms with Crippen molar-refractivity contribution in [1.82, 2.24) is 10.2 Å². The van der Waals surface area contributed by atoms with Gasteiger partial charge in [-0.2, -0.15) is 0 Å². The highest BCUT2D eigenvalue weighted by Gasteiger charge is 2.41. The van der Waals surface area contributed by atoms with Gasteiger partial charge in [-0.25, -0.2) is 0 Å². The van der Waals surface area contributed by atoms with Crippen LogP contribution in [0.2, 0.25) is 0 Å². The molecule has 3 N–H and O–H groups in total. The molecule has 2 aliphatic rings. The smallest absolute Gasteiger partial charge is 0.242 e. The molecule has 0 aromatic carbocycles. The van der Waals surface area contributed by atoms with Crippen LogP contribution in [-0.4, -0.2) is 46.5 Å². The molecule has 0 bridgehead atoms. The summed E-state index contributed by atoms with van der Waals surface area (Å²) >= 11 is 1.77. The zero-order chi connectivity index (χ0) is 13.8. The number of hydrogen-bond donors (Lipinski definition) is 2. The maximum absolute atomic E-state index is 12.4. The lowest BCUT2D eigenvalue weighted by Gasteiger charge is -2.40. The van der Waals surface area contributed by atoms with Gasteiger partial charge in [0.05, 0.1) is 11.4 Å². The molecule has 0 aromatic rings. The third kappa shape index (κ3) is 3.23. The molecule has 2 heterocycles. The summed E-state index contributed by atoms with van der Waals surface area (Å²) in [5.74, 6) is 0.832. The maximum Gasteiger partial charge on any atom is 0.242 e. The van der Waals surface area contributed by atoms with E-state index in [2.05, 4.69) is 5.32 Å². The first-order valence-electron chi connectivity index (χ1n) is 7.12. The van der Waals surface area contributed by atoms with E-state index >= 15 is 0 Å².